The molecule has 0 N–H and O–H groups in total. The molecule has 0 saturated carbocycles. The van der Waals surface area contributed by atoms with Gasteiger partial charge < -0.3 is 0 Å². The first-order valence-electron chi connectivity index (χ1n) is 5.00. The van der Waals surface area contributed by atoms with Gasteiger partial charge in [-0.1, -0.05) is 45.2 Å². The SMILES string of the molecule is Clc1ccc(-c2cc3ncnc(Cl)c3s2)c(Br)c1. The van der Waals surface area contributed by atoms with Crippen molar-refractivity contribution in [2.45, 2.75) is 0 Å². The van der Waals surface area contributed by atoms with Crippen molar-refractivity contribution in [1.29, 1.82) is 0 Å². The van der Waals surface area contributed by atoms with Crippen LogP contribution in [0.5, 0.6) is 0 Å². The molecule has 0 radical (unpaired) electrons. The zero-order chi connectivity index (χ0) is 12.7. The lowest BCUT2D eigenvalue weighted by atomic mass is 10.2. The van der Waals surface area contributed by atoms with Gasteiger partial charge in [0.2, 0.25) is 0 Å². The summed E-state index contributed by atoms with van der Waals surface area (Å²) in [7, 11) is 0. The molecule has 6 heteroatoms. The average molecular weight is 360 g/mol. The number of nitrogens with zero attached hydrogens (tertiary/aromatic N) is 2. The minimum Gasteiger partial charge on any atom is -0.235 e. The summed E-state index contributed by atoms with van der Waals surface area (Å²) in [6.45, 7) is 0. The molecule has 3 rings (SSSR count). The molecule has 0 fully saturated rings. The molecule has 0 aliphatic heterocycles. The van der Waals surface area contributed by atoms with Crippen molar-refractivity contribution in [3.05, 3.63) is 45.2 Å². The van der Waals surface area contributed by atoms with Crippen molar-refractivity contribution in [2.24, 2.45) is 0 Å². The van der Waals surface area contributed by atoms with Crippen molar-refractivity contribution < 1.29 is 0 Å². The van der Waals surface area contributed by atoms with Gasteiger partial charge in [-0.05, 0) is 18.2 Å². The van der Waals surface area contributed by atoms with Crippen LogP contribution < -0.4 is 0 Å². The van der Waals surface area contributed by atoms with Gasteiger partial charge in [0.05, 0.1) is 10.2 Å². The van der Waals surface area contributed by atoms with E-state index in [1.54, 1.807) is 11.3 Å². The van der Waals surface area contributed by atoms with Crippen LogP contribution in [-0.4, -0.2) is 9.97 Å². The second kappa shape index (κ2) is 4.78. The number of benzene rings is 1. The molecule has 18 heavy (non-hydrogen) atoms. The zero-order valence-corrected chi connectivity index (χ0v) is 12.7. The molecule has 0 atom stereocenters. The summed E-state index contributed by atoms with van der Waals surface area (Å²) in [5, 5.41) is 1.19. The predicted octanol–water partition coefficient (Wildman–Crippen LogP) is 5.43. The van der Waals surface area contributed by atoms with E-state index in [1.165, 1.54) is 6.33 Å². The van der Waals surface area contributed by atoms with Crippen molar-refractivity contribution in [3.8, 4) is 10.4 Å². The molecule has 90 valence electrons. The zero-order valence-electron chi connectivity index (χ0n) is 8.82. The minimum absolute atomic E-state index is 0.487. The molecule has 2 heterocycles. The summed E-state index contributed by atoms with van der Waals surface area (Å²) in [5.41, 5.74) is 1.93. The Hall–Kier alpha value is -0.680. The van der Waals surface area contributed by atoms with Gasteiger partial charge in [0.25, 0.3) is 0 Å². The van der Waals surface area contributed by atoms with Crippen LogP contribution in [0, 0.1) is 0 Å². The Bertz CT molecular complexity index is 742. The average Bonchev–Trinajstić information content (AvgIpc) is 2.74. The van der Waals surface area contributed by atoms with Crippen LogP contribution in [-0.2, 0) is 0 Å². The van der Waals surface area contributed by atoms with Crippen molar-refractivity contribution in [3.63, 3.8) is 0 Å². The Kier molecular flexibility index (Phi) is 3.28. The van der Waals surface area contributed by atoms with E-state index in [4.69, 9.17) is 23.2 Å². The Morgan fingerprint density at radius 1 is 1.11 bits per heavy atom. The van der Waals surface area contributed by atoms with E-state index in [1.807, 2.05) is 24.3 Å². The highest BCUT2D eigenvalue weighted by atomic mass is 79.9. The summed E-state index contributed by atoms with van der Waals surface area (Å²) in [4.78, 5) is 9.27. The van der Waals surface area contributed by atoms with E-state index in [0.717, 1.165) is 25.1 Å². The van der Waals surface area contributed by atoms with E-state index >= 15 is 0 Å². The van der Waals surface area contributed by atoms with Crippen LogP contribution in [0.3, 0.4) is 0 Å². The first-order valence-corrected chi connectivity index (χ1v) is 7.37. The number of aromatic nitrogens is 2. The van der Waals surface area contributed by atoms with E-state index in [2.05, 4.69) is 25.9 Å². The Morgan fingerprint density at radius 3 is 2.67 bits per heavy atom. The standard InChI is InChI=1S/C12H5BrCl2N2S/c13-8-3-6(14)1-2-7(8)10-4-9-11(18-10)12(15)17-5-16-9/h1-5H. The third kappa shape index (κ3) is 2.14. The van der Waals surface area contributed by atoms with Crippen LogP contribution in [0.1, 0.15) is 0 Å². The number of hydrogen-bond acceptors (Lipinski definition) is 3. The molecular weight excluding hydrogens is 355 g/mol. The first kappa shape index (κ1) is 12.4. The Labute approximate surface area is 126 Å². The highest BCUT2D eigenvalue weighted by Crippen LogP contribution is 2.39. The molecular formula is C12H5BrCl2N2S. The molecule has 0 spiro atoms. The molecule has 1 aromatic carbocycles. The molecule has 0 unspecified atom stereocenters. The largest absolute Gasteiger partial charge is 0.235 e. The molecule has 2 aromatic heterocycles. The molecule has 0 aliphatic carbocycles. The second-order valence-electron chi connectivity index (χ2n) is 3.61. The maximum atomic E-state index is 6.05. The van der Waals surface area contributed by atoms with Gasteiger partial charge in [-0.3, -0.25) is 0 Å². The fraction of sp³-hybridized carbons (Fsp3) is 0. The summed E-state index contributed by atoms with van der Waals surface area (Å²) in [5.74, 6) is 0. The van der Waals surface area contributed by atoms with E-state index < -0.39 is 0 Å². The maximum absolute atomic E-state index is 6.05. The quantitative estimate of drug-likeness (QED) is 0.541. The van der Waals surface area contributed by atoms with Gasteiger partial charge in [-0.25, -0.2) is 9.97 Å². The van der Waals surface area contributed by atoms with Gasteiger partial charge >= 0.3 is 0 Å². The molecule has 0 aliphatic rings. The lowest BCUT2D eigenvalue weighted by Gasteiger charge is -2.01. The summed E-state index contributed by atoms with van der Waals surface area (Å²) < 4.78 is 1.85. The number of rotatable bonds is 1. The lowest BCUT2D eigenvalue weighted by molar-refractivity contribution is 1.23. The molecule has 0 amide bonds. The lowest BCUT2D eigenvalue weighted by Crippen LogP contribution is -1.76. The van der Waals surface area contributed by atoms with Gasteiger partial charge in [-0.15, -0.1) is 11.3 Å². The van der Waals surface area contributed by atoms with Crippen LogP contribution >= 0.6 is 50.5 Å². The van der Waals surface area contributed by atoms with Crippen LogP contribution in [0.2, 0.25) is 10.2 Å². The van der Waals surface area contributed by atoms with E-state index in [-0.39, 0.29) is 0 Å². The number of thiophene rings is 1. The molecule has 3 aromatic rings. The third-order valence-electron chi connectivity index (χ3n) is 2.46. The molecule has 0 saturated heterocycles. The second-order valence-corrected chi connectivity index (χ2v) is 6.31. The number of hydrogen-bond donors (Lipinski definition) is 0. The predicted molar refractivity (Wildman–Crippen MR) is 80.6 cm³/mol. The number of halogens is 3. The van der Waals surface area contributed by atoms with Crippen LogP contribution in [0.4, 0.5) is 0 Å². The van der Waals surface area contributed by atoms with Gasteiger partial charge in [0.1, 0.15) is 11.5 Å². The number of fused-ring (bicyclic) bond motifs is 1. The highest BCUT2D eigenvalue weighted by molar-refractivity contribution is 9.10. The van der Waals surface area contributed by atoms with Gasteiger partial charge in [0, 0.05) is 19.9 Å². The van der Waals surface area contributed by atoms with Crippen molar-refractivity contribution in [2.75, 3.05) is 0 Å². The fourth-order valence-electron chi connectivity index (χ4n) is 1.65. The van der Waals surface area contributed by atoms with Gasteiger partial charge in [0.15, 0.2) is 0 Å². The minimum atomic E-state index is 0.487. The Morgan fingerprint density at radius 2 is 1.94 bits per heavy atom. The first-order chi connectivity index (χ1) is 8.65. The third-order valence-corrected chi connectivity index (χ3v) is 4.92. The van der Waals surface area contributed by atoms with E-state index in [0.29, 0.717) is 10.2 Å². The van der Waals surface area contributed by atoms with Crippen LogP contribution in [0.15, 0.2) is 35.1 Å². The topological polar surface area (TPSA) is 25.8 Å². The van der Waals surface area contributed by atoms with Crippen molar-refractivity contribution in [1.82, 2.24) is 9.97 Å². The summed E-state index contributed by atoms with van der Waals surface area (Å²) in [6.07, 6.45) is 1.47. The maximum Gasteiger partial charge on any atom is 0.150 e. The fourth-order valence-corrected chi connectivity index (χ4v) is 3.96. The Balaban J connectivity index is 2.23. The molecule has 0 bridgehead atoms. The molecule has 2 nitrogen and oxygen atoms in total. The normalized spacial score (nSPS) is 11.1. The van der Waals surface area contributed by atoms with Crippen molar-refractivity contribution >= 4 is 60.7 Å². The summed E-state index contributed by atoms with van der Waals surface area (Å²) >= 11 is 17.1. The van der Waals surface area contributed by atoms with E-state index in [9.17, 15) is 0 Å². The highest BCUT2D eigenvalue weighted by Gasteiger charge is 2.11. The smallest absolute Gasteiger partial charge is 0.150 e. The van der Waals surface area contributed by atoms with Gasteiger partial charge in [-0.2, -0.15) is 0 Å². The van der Waals surface area contributed by atoms with Crippen LogP contribution in [0.25, 0.3) is 20.7 Å². The monoisotopic (exact) mass is 358 g/mol. The summed E-state index contributed by atoms with van der Waals surface area (Å²) in [6, 6.07) is 7.70.